The zero-order valence-corrected chi connectivity index (χ0v) is 15.6. The van der Waals surface area contributed by atoms with E-state index in [2.05, 4.69) is 10.6 Å². The van der Waals surface area contributed by atoms with Gasteiger partial charge in [0.2, 0.25) is 5.91 Å². The Labute approximate surface area is 162 Å². The predicted molar refractivity (Wildman–Crippen MR) is 99.0 cm³/mol. The molecule has 1 saturated heterocycles. The van der Waals surface area contributed by atoms with Crippen molar-refractivity contribution in [2.24, 2.45) is 0 Å². The van der Waals surface area contributed by atoms with E-state index in [1.54, 1.807) is 0 Å². The Morgan fingerprint density at radius 1 is 1.11 bits per heavy atom. The van der Waals surface area contributed by atoms with E-state index in [9.17, 15) is 23.6 Å². The molecule has 150 valence electrons. The molecule has 2 fully saturated rings. The summed E-state index contributed by atoms with van der Waals surface area (Å²) >= 11 is 0. The normalized spacial score (nSPS) is 17.8. The fraction of sp³-hybridized carbons (Fsp3) is 0.500. The fourth-order valence-electron chi connectivity index (χ4n) is 3.76. The minimum Gasteiger partial charge on any atom is -0.356 e. The van der Waals surface area contributed by atoms with Crippen LogP contribution in [0.1, 0.15) is 55.3 Å². The molecule has 1 aromatic carbocycles. The van der Waals surface area contributed by atoms with Gasteiger partial charge < -0.3 is 10.6 Å². The van der Waals surface area contributed by atoms with Gasteiger partial charge in [-0.1, -0.05) is 12.8 Å². The first-order chi connectivity index (χ1) is 13.4. The Morgan fingerprint density at radius 3 is 2.46 bits per heavy atom. The van der Waals surface area contributed by atoms with Crippen LogP contribution in [-0.2, 0) is 9.59 Å². The van der Waals surface area contributed by atoms with Crippen LogP contribution in [0, 0.1) is 5.82 Å². The molecule has 0 unspecified atom stereocenters. The van der Waals surface area contributed by atoms with Gasteiger partial charge in [-0.3, -0.25) is 19.3 Å². The highest BCUT2D eigenvalue weighted by Gasteiger charge is 2.51. The topological polar surface area (TPSA) is 95.6 Å². The average molecular weight is 389 g/mol. The van der Waals surface area contributed by atoms with Crippen molar-refractivity contribution in [2.45, 2.75) is 50.5 Å². The first-order valence-electron chi connectivity index (χ1n) is 9.61. The molecule has 8 heteroatoms. The van der Waals surface area contributed by atoms with Crippen LogP contribution in [0.15, 0.2) is 24.3 Å². The van der Waals surface area contributed by atoms with Crippen LogP contribution in [0.25, 0.3) is 0 Å². The molecule has 28 heavy (non-hydrogen) atoms. The van der Waals surface area contributed by atoms with Crippen molar-refractivity contribution in [3.8, 4) is 0 Å². The van der Waals surface area contributed by atoms with E-state index in [4.69, 9.17) is 0 Å². The van der Waals surface area contributed by atoms with Crippen LogP contribution in [0.2, 0.25) is 0 Å². The fourth-order valence-corrected chi connectivity index (χ4v) is 3.76. The molecule has 0 aromatic heterocycles. The van der Waals surface area contributed by atoms with Crippen LogP contribution in [-0.4, -0.2) is 47.2 Å². The molecule has 0 radical (unpaired) electrons. The molecule has 2 aliphatic rings. The van der Waals surface area contributed by atoms with Gasteiger partial charge in [0.15, 0.2) is 5.78 Å². The lowest BCUT2D eigenvalue weighted by Crippen LogP contribution is -2.44. The minimum atomic E-state index is -0.707. The van der Waals surface area contributed by atoms with Crippen LogP contribution in [0.3, 0.4) is 0 Å². The third-order valence-corrected chi connectivity index (χ3v) is 5.33. The lowest BCUT2D eigenvalue weighted by atomic mass is 9.98. The van der Waals surface area contributed by atoms with Crippen molar-refractivity contribution >= 4 is 23.6 Å². The molecule has 1 saturated carbocycles. The largest absolute Gasteiger partial charge is 0.356 e. The highest BCUT2D eigenvalue weighted by Crippen LogP contribution is 2.34. The number of nitrogens with zero attached hydrogens (tertiary/aromatic N) is 1. The van der Waals surface area contributed by atoms with E-state index in [0.717, 1.165) is 12.8 Å². The summed E-state index contributed by atoms with van der Waals surface area (Å²) in [6, 6.07) is 4.84. The number of ketones is 1. The van der Waals surface area contributed by atoms with Gasteiger partial charge in [0.05, 0.1) is 0 Å². The van der Waals surface area contributed by atoms with Gasteiger partial charge in [-0.2, -0.15) is 0 Å². The first kappa shape index (κ1) is 20.0. The molecule has 4 amide bonds. The maximum Gasteiger partial charge on any atom is 0.325 e. The van der Waals surface area contributed by atoms with Crippen molar-refractivity contribution in [1.29, 1.82) is 0 Å². The quantitative estimate of drug-likeness (QED) is 0.405. The maximum atomic E-state index is 12.9. The maximum absolute atomic E-state index is 12.9. The van der Waals surface area contributed by atoms with Crippen LogP contribution in [0.4, 0.5) is 9.18 Å². The molecular weight excluding hydrogens is 365 g/mol. The van der Waals surface area contributed by atoms with Crippen LogP contribution < -0.4 is 10.6 Å². The van der Waals surface area contributed by atoms with Gasteiger partial charge in [0.25, 0.3) is 5.91 Å². The van der Waals surface area contributed by atoms with E-state index in [-0.39, 0.29) is 43.0 Å². The highest BCUT2D eigenvalue weighted by molar-refractivity contribution is 6.07. The summed E-state index contributed by atoms with van der Waals surface area (Å²) in [6.07, 6.45) is 3.77. The van der Waals surface area contributed by atoms with E-state index >= 15 is 0 Å². The smallest absolute Gasteiger partial charge is 0.325 e. The number of carbonyl (C=O) groups excluding carboxylic acids is 4. The molecule has 7 nitrogen and oxygen atoms in total. The summed E-state index contributed by atoms with van der Waals surface area (Å²) in [4.78, 5) is 49.6. The van der Waals surface area contributed by atoms with Crippen molar-refractivity contribution in [3.63, 3.8) is 0 Å². The number of imide groups is 1. The number of urea groups is 1. The van der Waals surface area contributed by atoms with Crippen molar-refractivity contribution < 1.29 is 23.6 Å². The first-order valence-corrected chi connectivity index (χ1v) is 9.61. The molecule has 1 heterocycles. The number of carbonyl (C=O) groups is 4. The minimum absolute atomic E-state index is 0.0302. The molecule has 0 bridgehead atoms. The van der Waals surface area contributed by atoms with Crippen LogP contribution >= 0.6 is 0 Å². The van der Waals surface area contributed by atoms with Crippen LogP contribution in [0.5, 0.6) is 0 Å². The molecular formula is C20H24FN3O4. The summed E-state index contributed by atoms with van der Waals surface area (Å²) in [7, 11) is 0. The summed E-state index contributed by atoms with van der Waals surface area (Å²) < 4.78 is 12.9. The number of rotatable bonds is 8. The number of Topliss-reactive ketones (excluding diaryl/α,β-unsaturated/α-hetero) is 1. The van der Waals surface area contributed by atoms with Crippen molar-refractivity contribution in [2.75, 3.05) is 13.1 Å². The number of halogens is 1. The second-order valence-electron chi connectivity index (χ2n) is 7.31. The van der Waals surface area contributed by atoms with Gasteiger partial charge in [-0.25, -0.2) is 9.18 Å². The monoisotopic (exact) mass is 389 g/mol. The Balaban J connectivity index is 1.35. The molecule has 2 N–H and O–H groups in total. The SMILES string of the molecule is O=C(CCC(=O)c1ccc(F)cc1)NCCCN1C(=O)NC2(CCCC2)C1=O. The standard InChI is InChI=1S/C20H24FN3O4/c21-15-6-4-14(5-7-15)16(25)8-9-17(26)22-12-3-13-24-18(27)20(23-19(24)28)10-1-2-11-20/h4-7H,1-3,8-13H2,(H,22,26)(H,23,28). The molecule has 0 atom stereocenters. The number of hydrogen-bond donors (Lipinski definition) is 2. The molecule has 1 spiro atoms. The highest BCUT2D eigenvalue weighted by atomic mass is 19.1. The van der Waals surface area contributed by atoms with Gasteiger partial charge in [-0.15, -0.1) is 0 Å². The van der Waals surface area contributed by atoms with E-state index in [1.807, 2.05) is 0 Å². The number of hydrogen-bond acceptors (Lipinski definition) is 4. The zero-order chi connectivity index (χ0) is 20.1. The lowest BCUT2D eigenvalue weighted by Gasteiger charge is -2.20. The lowest BCUT2D eigenvalue weighted by molar-refractivity contribution is -0.131. The summed E-state index contributed by atoms with van der Waals surface area (Å²) in [5.41, 5.74) is -0.338. The van der Waals surface area contributed by atoms with Gasteiger partial charge in [-0.05, 0) is 43.5 Å². The van der Waals surface area contributed by atoms with E-state index in [0.29, 0.717) is 31.4 Å². The van der Waals surface area contributed by atoms with Gasteiger partial charge in [0, 0.05) is 31.5 Å². The number of nitrogens with one attached hydrogen (secondary N) is 2. The summed E-state index contributed by atoms with van der Waals surface area (Å²) in [6.45, 7) is 0.564. The van der Waals surface area contributed by atoms with Gasteiger partial charge >= 0.3 is 6.03 Å². The van der Waals surface area contributed by atoms with Crippen molar-refractivity contribution in [1.82, 2.24) is 15.5 Å². The predicted octanol–water partition coefficient (Wildman–Crippen LogP) is 2.16. The van der Waals surface area contributed by atoms with E-state index < -0.39 is 11.4 Å². The molecule has 1 aliphatic heterocycles. The second-order valence-corrected chi connectivity index (χ2v) is 7.31. The van der Waals surface area contributed by atoms with Gasteiger partial charge in [0.1, 0.15) is 11.4 Å². The molecule has 1 aliphatic carbocycles. The number of benzene rings is 1. The Bertz CT molecular complexity index is 772. The Morgan fingerprint density at radius 2 is 1.79 bits per heavy atom. The summed E-state index contributed by atoms with van der Waals surface area (Å²) in [5.74, 6) is -1.08. The average Bonchev–Trinajstić information content (AvgIpc) is 3.23. The summed E-state index contributed by atoms with van der Waals surface area (Å²) in [5, 5.41) is 5.51. The molecule has 3 rings (SSSR count). The third kappa shape index (κ3) is 4.37. The van der Waals surface area contributed by atoms with E-state index in [1.165, 1.54) is 29.2 Å². The Hall–Kier alpha value is -2.77. The Kier molecular flexibility index (Phi) is 6.06. The van der Waals surface area contributed by atoms with Crippen molar-refractivity contribution in [3.05, 3.63) is 35.6 Å². The third-order valence-electron chi connectivity index (χ3n) is 5.33. The second kappa shape index (κ2) is 8.50. The zero-order valence-electron chi connectivity index (χ0n) is 15.6. The number of amides is 4. The molecule has 1 aromatic rings.